The van der Waals surface area contributed by atoms with Gasteiger partial charge in [-0.05, 0) is 49.4 Å². The van der Waals surface area contributed by atoms with Gasteiger partial charge in [0.15, 0.2) is 6.61 Å². The molecule has 2 rings (SSSR count). The maximum Gasteiger partial charge on any atom is 0.261 e. The first-order valence-electron chi connectivity index (χ1n) is 10.8. The maximum atomic E-state index is 13.3. The van der Waals surface area contributed by atoms with Gasteiger partial charge in [0, 0.05) is 17.6 Å². The van der Waals surface area contributed by atoms with Crippen molar-refractivity contribution in [3.63, 3.8) is 0 Å². The highest BCUT2D eigenvalue weighted by molar-refractivity contribution is 6.31. The van der Waals surface area contributed by atoms with Crippen LogP contribution in [0.1, 0.15) is 58.1 Å². The van der Waals surface area contributed by atoms with Crippen LogP contribution in [0.4, 0.5) is 0 Å². The summed E-state index contributed by atoms with van der Waals surface area (Å²) in [5.74, 6) is 0.513. The van der Waals surface area contributed by atoms with Gasteiger partial charge in [-0.3, -0.25) is 9.59 Å². The fraction of sp³-hybridized carbons (Fsp3) is 0.440. The second-order valence-electron chi connectivity index (χ2n) is 8.18. The normalized spacial score (nSPS) is 12.0. The third-order valence-electron chi connectivity index (χ3n) is 5.01. The lowest BCUT2D eigenvalue weighted by Gasteiger charge is -2.31. The molecule has 0 spiro atoms. The van der Waals surface area contributed by atoms with Crippen molar-refractivity contribution in [2.75, 3.05) is 6.61 Å². The largest absolute Gasteiger partial charge is 0.483 e. The fourth-order valence-electron chi connectivity index (χ4n) is 3.42. The Bertz CT molecular complexity index is 883. The summed E-state index contributed by atoms with van der Waals surface area (Å²) in [5, 5.41) is 3.48. The van der Waals surface area contributed by atoms with Crippen LogP contribution in [0.25, 0.3) is 0 Å². The molecule has 2 aromatic carbocycles. The zero-order chi connectivity index (χ0) is 23.0. The molecular formula is C25H33ClN2O3. The van der Waals surface area contributed by atoms with E-state index in [0.29, 0.717) is 17.2 Å². The summed E-state index contributed by atoms with van der Waals surface area (Å²) in [7, 11) is 0. The summed E-state index contributed by atoms with van der Waals surface area (Å²) < 4.78 is 5.91. The fourth-order valence-corrected chi connectivity index (χ4v) is 3.62. The summed E-state index contributed by atoms with van der Waals surface area (Å²) in [4.78, 5) is 27.7. The number of nitrogens with zero attached hydrogens (tertiary/aromatic N) is 1. The number of ether oxygens (including phenoxy) is 1. The first-order valence-corrected chi connectivity index (χ1v) is 11.2. The molecule has 1 N–H and O–H groups in total. The molecule has 6 heteroatoms. The quantitative estimate of drug-likeness (QED) is 0.549. The van der Waals surface area contributed by atoms with Crippen molar-refractivity contribution in [3.05, 3.63) is 64.7 Å². The van der Waals surface area contributed by atoms with Crippen LogP contribution in [0, 0.1) is 0 Å². The lowest BCUT2D eigenvalue weighted by molar-refractivity contribution is -0.143. The number of rotatable bonds is 10. The number of nitrogens with one attached hydrogen (secondary N) is 1. The van der Waals surface area contributed by atoms with E-state index >= 15 is 0 Å². The van der Waals surface area contributed by atoms with E-state index in [1.165, 1.54) is 0 Å². The molecule has 0 unspecified atom stereocenters. The number of amides is 2. The van der Waals surface area contributed by atoms with Gasteiger partial charge in [0.25, 0.3) is 5.91 Å². The Hall–Kier alpha value is -2.53. The molecule has 0 radical (unpaired) electrons. The minimum Gasteiger partial charge on any atom is -0.483 e. The number of hydrogen-bond acceptors (Lipinski definition) is 3. The van der Waals surface area contributed by atoms with E-state index in [-0.39, 0.29) is 36.9 Å². The zero-order valence-corrected chi connectivity index (χ0v) is 19.8. The Labute approximate surface area is 190 Å². The molecule has 2 aromatic rings. The lowest BCUT2D eigenvalue weighted by atomic mass is 10.0. The molecule has 0 aliphatic rings. The van der Waals surface area contributed by atoms with Crippen molar-refractivity contribution in [2.45, 2.75) is 65.6 Å². The van der Waals surface area contributed by atoms with E-state index in [1.54, 1.807) is 11.0 Å². The summed E-state index contributed by atoms with van der Waals surface area (Å²) in [5.41, 5.74) is 1.83. The monoisotopic (exact) mass is 444 g/mol. The number of halogens is 1. The van der Waals surface area contributed by atoms with E-state index in [9.17, 15) is 9.59 Å². The van der Waals surface area contributed by atoms with Gasteiger partial charge in [-0.1, -0.05) is 68.8 Å². The summed E-state index contributed by atoms with van der Waals surface area (Å²) in [6, 6.07) is 14.4. The maximum absolute atomic E-state index is 13.3. The molecule has 0 saturated heterocycles. The Kier molecular flexibility index (Phi) is 9.38. The predicted octanol–water partition coefficient (Wildman–Crippen LogP) is 5.17. The van der Waals surface area contributed by atoms with Crippen molar-refractivity contribution in [1.29, 1.82) is 0 Å². The van der Waals surface area contributed by atoms with E-state index in [4.69, 9.17) is 16.3 Å². The Morgan fingerprint density at radius 2 is 1.68 bits per heavy atom. The van der Waals surface area contributed by atoms with Gasteiger partial charge in [0.2, 0.25) is 5.91 Å². The van der Waals surface area contributed by atoms with Gasteiger partial charge in [0.1, 0.15) is 11.8 Å². The van der Waals surface area contributed by atoms with Gasteiger partial charge >= 0.3 is 0 Å². The number of benzene rings is 2. The Morgan fingerprint density at radius 3 is 2.29 bits per heavy atom. The molecule has 0 aliphatic carbocycles. The number of carbonyl (C=O) groups is 2. The molecule has 0 aliphatic heterocycles. The zero-order valence-electron chi connectivity index (χ0n) is 19.0. The number of carbonyl (C=O) groups excluding carboxylic acids is 2. The molecular weight excluding hydrogens is 412 g/mol. The average molecular weight is 445 g/mol. The van der Waals surface area contributed by atoms with Gasteiger partial charge in [-0.15, -0.1) is 0 Å². The molecule has 0 fully saturated rings. The van der Waals surface area contributed by atoms with Gasteiger partial charge in [-0.2, -0.15) is 0 Å². The third kappa shape index (κ3) is 7.00. The van der Waals surface area contributed by atoms with Crippen molar-refractivity contribution in [3.8, 4) is 5.75 Å². The average Bonchev–Trinajstić information content (AvgIpc) is 2.72. The first kappa shape index (κ1) is 24.7. The van der Waals surface area contributed by atoms with Crippen LogP contribution < -0.4 is 10.1 Å². The summed E-state index contributed by atoms with van der Waals surface area (Å²) in [6.45, 7) is 9.94. The SMILES string of the molecule is CC[C@@H](C(=O)NC(C)C)N(Cc1ccccc1Cl)C(=O)COc1ccccc1C(C)C. The Morgan fingerprint density at radius 1 is 1.03 bits per heavy atom. The van der Waals surface area contributed by atoms with Crippen LogP contribution in [-0.2, 0) is 16.1 Å². The standard InChI is InChI=1S/C25H33ClN2O3/c1-6-22(25(30)27-18(4)5)28(15-19-11-7-9-13-21(19)26)24(29)16-31-23-14-10-8-12-20(23)17(2)3/h7-14,17-18,22H,6,15-16H2,1-5H3,(H,27,30)/t22-/m0/s1. The van der Waals surface area contributed by atoms with Crippen LogP contribution in [0.2, 0.25) is 5.02 Å². The van der Waals surface area contributed by atoms with E-state index in [1.807, 2.05) is 63.2 Å². The van der Waals surface area contributed by atoms with Crippen LogP contribution >= 0.6 is 11.6 Å². The molecule has 2 amide bonds. The first-order chi connectivity index (χ1) is 14.7. The number of hydrogen-bond donors (Lipinski definition) is 1. The van der Waals surface area contributed by atoms with E-state index < -0.39 is 6.04 Å². The minimum absolute atomic E-state index is 0.0204. The molecule has 168 valence electrons. The van der Waals surface area contributed by atoms with Crippen molar-refractivity contribution < 1.29 is 14.3 Å². The Balaban J connectivity index is 2.27. The van der Waals surface area contributed by atoms with Crippen LogP contribution in [-0.4, -0.2) is 35.4 Å². The van der Waals surface area contributed by atoms with Gasteiger partial charge < -0.3 is 15.0 Å². The summed E-state index contributed by atoms with van der Waals surface area (Å²) in [6.07, 6.45) is 0.483. The van der Waals surface area contributed by atoms with Crippen molar-refractivity contribution in [2.24, 2.45) is 0 Å². The highest BCUT2D eigenvalue weighted by atomic mass is 35.5. The third-order valence-corrected chi connectivity index (χ3v) is 5.38. The van der Waals surface area contributed by atoms with Crippen LogP contribution in [0.5, 0.6) is 5.75 Å². The molecule has 0 heterocycles. The molecule has 0 aromatic heterocycles. The second-order valence-corrected chi connectivity index (χ2v) is 8.59. The molecule has 0 saturated carbocycles. The molecule has 1 atom stereocenters. The second kappa shape index (κ2) is 11.8. The highest BCUT2D eigenvalue weighted by Crippen LogP contribution is 2.26. The van der Waals surface area contributed by atoms with E-state index in [0.717, 1.165) is 11.1 Å². The van der Waals surface area contributed by atoms with Gasteiger partial charge in [0.05, 0.1) is 0 Å². The van der Waals surface area contributed by atoms with Crippen molar-refractivity contribution >= 4 is 23.4 Å². The van der Waals surface area contributed by atoms with Crippen LogP contribution in [0.15, 0.2) is 48.5 Å². The minimum atomic E-state index is -0.616. The predicted molar refractivity (Wildman–Crippen MR) is 125 cm³/mol. The molecule has 31 heavy (non-hydrogen) atoms. The highest BCUT2D eigenvalue weighted by Gasteiger charge is 2.29. The number of para-hydroxylation sites is 1. The topological polar surface area (TPSA) is 58.6 Å². The van der Waals surface area contributed by atoms with Crippen LogP contribution in [0.3, 0.4) is 0 Å². The van der Waals surface area contributed by atoms with Gasteiger partial charge in [-0.25, -0.2) is 0 Å². The lowest BCUT2D eigenvalue weighted by Crippen LogP contribution is -2.51. The smallest absolute Gasteiger partial charge is 0.261 e. The molecule has 0 bridgehead atoms. The van der Waals surface area contributed by atoms with E-state index in [2.05, 4.69) is 19.2 Å². The van der Waals surface area contributed by atoms with Crippen molar-refractivity contribution in [1.82, 2.24) is 10.2 Å². The summed E-state index contributed by atoms with van der Waals surface area (Å²) >= 11 is 6.34. The molecule has 5 nitrogen and oxygen atoms in total.